The maximum absolute atomic E-state index is 12.2. The van der Waals surface area contributed by atoms with E-state index in [0.29, 0.717) is 11.5 Å². The summed E-state index contributed by atoms with van der Waals surface area (Å²) in [6, 6.07) is 12.1. The third kappa shape index (κ3) is 3.65. The van der Waals surface area contributed by atoms with Crippen LogP contribution in [-0.2, 0) is 14.3 Å². The molecule has 2 aromatic carbocycles. The van der Waals surface area contributed by atoms with Crippen LogP contribution in [0.4, 0.5) is 0 Å². The highest BCUT2D eigenvalue weighted by atomic mass is 32.2. The van der Waals surface area contributed by atoms with Crippen LogP contribution in [-0.4, -0.2) is 27.7 Å². The van der Waals surface area contributed by atoms with Gasteiger partial charge in [-0.1, -0.05) is 23.8 Å². The fourth-order valence-electron chi connectivity index (χ4n) is 2.24. The topological polar surface area (TPSA) is 61.8 Å². The summed E-state index contributed by atoms with van der Waals surface area (Å²) in [5.41, 5.74) is 2.03. The zero-order valence-corrected chi connectivity index (χ0v) is 13.8. The summed E-state index contributed by atoms with van der Waals surface area (Å²) in [5.74, 6) is 1.27. The van der Waals surface area contributed by atoms with Crippen LogP contribution in [0.25, 0.3) is 0 Å². The number of aryl methyl sites for hydroxylation is 2. The van der Waals surface area contributed by atoms with Crippen molar-refractivity contribution >= 4 is 10.1 Å². The lowest BCUT2D eigenvalue weighted by Gasteiger charge is -2.26. The molecule has 122 valence electrons. The van der Waals surface area contributed by atoms with E-state index in [9.17, 15) is 8.42 Å². The van der Waals surface area contributed by atoms with E-state index in [0.717, 1.165) is 11.1 Å². The van der Waals surface area contributed by atoms with Crippen LogP contribution in [0.2, 0.25) is 0 Å². The second-order valence-electron chi connectivity index (χ2n) is 5.55. The van der Waals surface area contributed by atoms with Gasteiger partial charge in [-0.25, -0.2) is 0 Å². The third-order valence-electron chi connectivity index (χ3n) is 3.54. The minimum absolute atomic E-state index is 0.0937. The molecule has 0 saturated carbocycles. The number of hydrogen-bond acceptors (Lipinski definition) is 5. The molecule has 0 aromatic heterocycles. The van der Waals surface area contributed by atoms with Crippen molar-refractivity contribution in [3.05, 3.63) is 53.6 Å². The average Bonchev–Trinajstić information content (AvgIpc) is 2.53. The minimum Gasteiger partial charge on any atom is -0.486 e. The van der Waals surface area contributed by atoms with Gasteiger partial charge in [-0.15, -0.1) is 0 Å². The highest BCUT2D eigenvalue weighted by Crippen LogP contribution is 2.32. The van der Waals surface area contributed by atoms with Crippen molar-refractivity contribution in [1.82, 2.24) is 0 Å². The van der Waals surface area contributed by atoms with Crippen LogP contribution in [0, 0.1) is 13.8 Å². The fraction of sp³-hybridized carbons (Fsp3) is 0.294. The molecule has 0 unspecified atom stereocenters. The van der Waals surface area contributed by atoms with Gasteiger partial charge in [-0.3, -0.25) is 4.18 Å². The van der Waals surface area contributed by atoms with Crippen LogP contribution >= 0.6 is 0 Å². The molecule has 0 spiro atoms. The van der Waals surface area contributed by atoms with Gasteiger partial charge in [0, 0.05) is 0 Å². The lowest BCUT2D eigenvalue weighted by atomic mass is 10.2. The minimum atomic E-state index is -3.80. The molecule has 0 saturated heterocycles. The van der Waals surface area contributed by atoms with Crippen molar-refractivity contribution in [1.29, 1.82) is 0 Å². The molecule has 3 rings (SSSR count). The number of hydrogen-bond donors (Lipinski definition) is 0. The van der Waals surface area contributed by atoms with Gasteiger partial charge in [0.25, 0.3) is 10.1 Å². The molecular weight excluding hydrogens is 316 g/mol. The Morgan fingerprint density at radius 3 is 2.48 bits per heavy atom. The second kappa shape index (κ2) is 6.22. The molecule has 0 amide bonds. The first kappa shape index (κ1) is 15.8. The molecule has 0 aliphatic carbocycles. The summed E-state index contributed by atoms with van der Waals surface area (Å²) in [7, 11) is -3.80. The van der Waals surface area contributed by atoms with Gasteiger partial charge >= 0.3 is 0 Å². The Kier molecular flexibility index (Phi) is 4.28. The molecule has 0 bridgehead atoms. The maximum atomic E-state index is 12.2. The van der Waals surface area contributed by atoms with E-state index in [1.54, 1.807) is 12.1 Å². The van der Waals surface area contributed by atoms with Crippen molar-refractivity contribution < 1.29 is 22.1 Å². The predicted molar refractivity (Wildman–Crippen MR) is 85.4 cm³/mol. The Morgan fingerprint density at radius 1 is 1.04 bits per heavy atom. The maximum Gasteiger partial charge on any atom is 0.297 e. The summed E-state index contributed by atoms with van der Waals surface area (Å²) < 4.78 is 40.8. The first-order valence-electron chi connectivity index (χ1n) is 7.30. The molecule has 1 heterocycles. The van der Waals surface area contributed by atoms with Gasteiger partial charge < -0.3 is 9.47 Å². The quantitative estimate of drug-likeness (QED) is 0.805. The van der Waals surface area contributed by atoms with E-state index >= 15 is 0 Å². The van der Waals surface area contributed by atoms with Gasteiger partial charge in [0.2, 0.25) is 0 Å². The van der Waals surface area contributed by atoms with E-state index < -0.39 is 16.2 Å². The summed E-state index contributed by atoms with van der Waals surface area (Å²) in [6.45, 7) is 4.00. The van der Waals surface area contributed by atoms with Crippen LogP contribution in [0.3, 0.4) is 0 Å². The Morgan fingerprint density at radius 2 is 1.74 bits per heavy atom. The fourth-order valence-corrected chi connectivity index (χ4v) is 3.18. The molecule has 1 atom stereocenters. The Balaban J connectivity index is 1.66. The van der Waals surface area contributed by atoms with Crippen LogP contribution in [0.5, 0.6) is 11.5 Å². The van der Waals surface area contributed by atoms with E-state index in [-0.39, 0.29) is 18.1 Å². The number of ether oxygens (including phenoxy) is 2. The van der Waals surface area contributed by atoms with Gasteiger partial charge in [-0.2, -0.15) is 8.42 Å². The third-order valence-corrected chi connectivity index (χ3v) is 4.83. The Labute approximate surface area is 135 Å². The van der Waals surface area contributed by atoms with Crippen LogP contribution in [0.15, 0.2) is 47.4 Å². The van der Waals surface area contributed by atoms with Gasteiger partial charge in [0.15, 0.2) is 17.6 Å². The smallest absolute Gasteiger partial charge is 0.297 e. The summed E-state index contributed by atoms with van der Waals surface area (Å²) in [5, 5.41) is 0. The molecular formula is C17H18O5S. The van der Waals surface area contributed by atoms with Crippen LogP contribution in [0.1, 0.15) is 11.1 Å². The summed E-state index contributed by atoms with van der Waals surface area (Å²) in [6.07, 6.45) is -0.468. The molecule has 23 heavy (non-hydrogen) atoms. The highest BCUT2D eigenvalue weighted by molar-refractivity contribution is 7.86. The monoisotopic (exact) mass is 334 g/mol. The summed E-state index contributed by atoms with van der Waals surface area (Å²) >= 11 is 0. The van der Waals surface area contributed by atoms with Crippen molar-refractivity contribution in [3.8, 4) is 11.5 Å². The Hall–Kier alpha value is -2.05. The Bertz CT molecular complexity index is 796. The zero-order valence-electron chi connectivity index (χ0n) is 13.0. The number of fused-ring (bicyclic) bond motifs is 1. The lowest BCUT2D eigenvalue weighted by Crippen LogP contribution is -2.34. The first-order chi connectivity index (χ1) is 10.9. The largest absolute Gasteiger partial charge is 0.486 e. The molecule has 0 N–H and O–H groups in total. The van der Waals surface area contributed by atoms with Crippen molar-refractivity contribution in [2.24, 2.45) is 0 Å². The van der Waals surface area contributed by atoms with Gasteiger partial charge in [-0.05, 0) is 43.7 Å². The highest BCUT2D eigenvalue weighted by Gasteiger charge is 2.24. The van der Waals surface area contributed by atoms with Crippen molar-refractivity contribution in [3.63, 3.8) is 0 Å². The zero-order chi connectivity index (χ0) is 16.4. The average molecular weight is 334 g/mol. The molecule has 1 aliphatic heterocycles. The number of rotatable bonds is 4. The standard InChI is InChI=1S/C17H18O5S/c1-12-3-6-15(7-4-12)23(18,19)21-11-14-10-20-16-8-5-13(2)9-17(16)22-14/h3-9,14H,10-11H2,1-2H3/t14-/m1/s1. The first-order valence-corrected chi connectivity index (χ1v) is 8.71. The predicted octanol–water partition coefficient (Wildman–Crippen LogP) is 2.85. The summed E-state index contributed by atoms with van der Waals surface area (Å²) in [4.78, 5) is 0.135. The number of benzene rings is 2. The van der Waals surface area contributed by atoms with Gasteiger partial charge in [0.1, 0.15) is 13.2 Å². The molecule has 6 heteroatoms. The lowest BCUT2D eigenvalue weighted by molar-refractivity contribution is 0.0554. The SMILES string of the molecule is Cc1ccc(S(=O)(=O)OC[C@H]2COc3ccc(C)cc3O2)cc1. The second-order valence-corrected chi connectivity index (χ2v) is 7.17. The molecule has 2 aromatic rings. The van der Waals surface area contributed by atoms with E-state index in [2.05, 4.69) is 0 Å². The van der Waals surface area contributed by atoms with Crippen molar-refractivity contribution in [2.45, 2.75) is 24.8 Å². The molecule has 0 radical (unpaired) electrons. The molecule has 0 fully saturated rings. The van der Waals surface area contributed by atoms with E-state index in [1.807, 2.05) is 32.0 Å². The van der Waals surface area contributed by atoms with E-state index in [4.69, 9.17) is 13.7 Å². The van der Waals surface area contributed by atoms with E-state index in [1.165, 1.54) is 12.1 Å². The molecule has 1 aliphatic rings. The van der Waals surface area contributed by atoms with Crippen LogP contribution < -0.4 is 9.47 Å². The van der Waals surface area contributed by atoms with Gasteiger partial charge in [0.05, 0.1) is 4.90 Å². The normalized spacial score (nSPS) is 17.0. The molecule has 5 nitrogen and oxygen atoms in total. The van der Waals surface area contributed by atoms with Crippen molar-refractivity contribution in [2.75, 3.05) is 13.2 Å².